The molecule has 0 aliphatic carbocycles. The zero-order valence-electron chi connectivity index (χ0n) is 39.2. The zero-order valence-corrected chi connectivity index (χ0v) is 39.2. The van der Waals surface area contributed by atoms with Gasteiger partial charge in [-0.2, -0.15) is 0 Å². The van der Waals surface area contributed by atoms with Crippen LogP contribution in [0.2, 0.25) is 0 Å². The second-order valence-electron chi connectivity index (χ2n) is 21.1. The van der Waals surface area contributed by atoms with Gasteiger partial charge in [-0.05, 0) is 163 Å². The highest BCUT2D eigenvalue weighted by atomic mass is 16.1. The van der Waals surface area contributed by atoms with Crippen molar-refractivity contribution in [3.63, 3.8) is 0 Å². The summed E-state index contributed by atoms with van der Waals surface area (Å²) in [4.78, 5) is 32.2. The minimum atomic E-state index is -0.186. The van der Waals surface area contributed by atoms with E-state index >= 15 is 9.59 Å². The van der Waals surface area contributed by atoms with Crippen LogP contribution in [0.4, 0.5) is 0 Å². The van der Waals surface area contributed by atoms with Crippen LogP contribution >= 0.6 is 0 Å². The molecule has 0 aromatic heterocycles. The molecule has 11 rings (SSSR count). The lowest BCUT2D eigenvalue weighted by atomic mass is 9.75. The van der Waals surface area contributed by atoms with Crippen molar-refractivity contribution in [3.8, 4) is 22.3 Å². The van der Waals surface area contributed by atoms with Crippen molar-refractivity contribution in [2.45, 2.75) is 93.9 Å². The van der Waals surface area contributed by atoms with Crippen LogP contribution in [-0.2, 0) is 10.8 Å². The monoisotopic (exact) mass is 830 g/mol. The highest BCUT2D eigenvalue weighted by Gasteiger charge is 2.31. The van der Waals surface area contributed by atoms with Crippen LogP contribution in [0, 0.1) is 41.5 Å². The summed E-state index contributed by atoms with van der Waals surface area (Å²) in [6.07, 6.45) is 0. The lowest BCUT2D eigenvalue weighted by Gasteiger charge is -2.26. The highest BCUT2D eigenvalue weighted by Crippen LogP contribution is 2.54. The highest BCUT2D eigenvalue weighted by molar-refractivity contribution is 6.50. The SMILES string of the molecule is Cc1cc(C)c(-c2c3ccccc3c3c4c2c(=O)c2cc(C(C)(C)C)ccc2c4c2c4ccccc4c(-c4c(C)cc(C)cc4C)c4c(=O)c5cc(C(C)(C)C)ccc5c3c42)c(C)c1. The summed E-state index contributed by atoms with van der Waals surface area (Å²) < 4.78 is 0. The normalized spacial score (nSPS) is 12.8. The first kappa shape index (κ1) is 40.2. The molecule has 0 unspecified atom stereocenters. The van der Waals surface area contributed by atoms with E-state index in [0.29, 0.717) is 10.8 Å². The quantitative estimate of drug-likeness (QED) is 0.128. The third-order valence-corrected chi connectivity index (χ3v) is 14.5. The second-order valence-corrected chi connectivity index (χ2v) is 21.1. The number of fused-ring (bicyclic) bond motifs is 10. The first-order valence-corrected chi connectivity index (χ1v) is 22.8. The Labute approximate surface area is 374 Å². The maximum Gasteiger partial charge on any atom is 0.194 e. The first-order chi connectivity index (χ1) is 30.4. The summed E-state index contributed by atoms with van der Waals surface area (Å²) in [5, 5.41) is 15.1. The van der Waals surface area contributed by atoms with Crippen molar-refractivity contribution in [1.29, 1.82) is 0 Å². The average Bonchev–Trinajstić information content (AvgIpc) is 3.23. The van der Waals surface area contributed by atoms with Gasteiger partial charge in [0, 0.05) is 43.4 Å². The summed E-state index contributed by atoms with van der Waals surface area (Å²) >= 11 is 0. The predicted octanol–water partition coefficient (Wildman–Crippen LogP) is 16.3. The van der Waals surface area contributed by atoms with E-state index < -0.39 is 0 Å². The molecule has 0 aliphatic rings. The van der Waals surface area contributed by atoms with E-state index in [1.165, 1.54) is 11.1 Å². The third-order valence-electron chi connectivity index (χ3n) is 14.5. The molecule has 0 fully saturated rings. The van der Waals surface area contributed by atoms with E-state index in [-0.39, 0.29) is 21.7 Å². The van der Waals surface area contributed by atoms with Crippen molar-refractivity contribution in [1.82, 2.24) is 0 Å². The van der Waals surface area contributed by atoms with E-state index in [1.54, 1.807) is 0 Å². The number of benzene rings is 11. The number of rotatable bonds is 2. The minimum absolute atomic E-state index is 0.0486. The summed E-state index contributed by atoms with van der Waals surface area (Å²) in [7, 11) is 0. The van der Waals surface area contributed by atoms with Gasteiger partial charge in [0.2, 0.25) is 0 Å². The number of aryl methyl sites for hydroxylation is 6. The number of hydrogen-bond acceptors (Lipinski definition) is 2. The minimum Gasteiger partial charge on any atom is -0.289 e. The smallest absolute Gasteiger partial charge is 0.194 e. The molecule has 0 saturated carbocycles. The van der Waals surface area contributed by atoms with Crippen molar-refractivity contribution in [3.05, 3.63) is 174 Å². The molecule has 0 heterocycles. The lowest BCUT2D eigenvalue weighted by Crippen LogP contribution is -2.14. The van der Waals surface area contributed by atoms with Crippen molar-refractivity contribution in [2.75, 3.05) is 0 Å². The molecule has 0 N–H and O–H groups in total. The van der Waals surface area contributed by atoms with Crippen LogP contribution in [0.15, 0.2) is 119 Å². The van der Waals surface area contributed by atoms with Gasteiger partial charge in [-0.25, -0.2) is 0 Å². The first-order valence-electron chi connectivity index (χ1n) is 22.8. The summed E-state index contributed by atoms with van der Waals surface area (Å²) in [5.74, 6) is 0. The maximum absolute atomic E-state index is 16.1. The fourth-order valence-corrected chi connectivity index (χ4v) is 11.9. The summed E-state index contributed by atoms with van der Waals surface area (Å²) in [6.45, 7) is 26.4. The van der Waals surface area contributed by atoms with Gasteiger partial charge >= 0.3 is 0 Å². The Morgan fingerprint density at radius 2 is 0.594 bits per heavy atom. The molecule has 0 radical (unpaired) electrons. The average molecular weight is 831 g/mol. The second kappa shape index (κ2) is 13.4. The third kappa shape index (κ3) is 5.44. The van der Waals surface area contributed by atoms with Gasteiger partial charge in [0.25, 0.3) is 0 Å². The predicted molar refractivity (Wildman–Crippen MR) is 278 cm³/mol. The van der Waals surface area contributed by atoms with Gasteiger partial charge in [-0.1, -0.05) is 150 Å². The lowest BCUT2D eigenvalue weighted by molar-refractivity contribution is 0.591. The molecular formula is C62H54O2. The Hall–Kier alpha value is -6.64. The molecule has 0 spiro atoms. The van der Waals surface area contributed by atoms with Gasteiger partial charge in [0.1, 0.15) is 0 Å². The van der Waals surface area contributed by atoms with Gasteiger partial charge < -0.3 is 0 Å². The molecule has 0 atom stereocenters. The van der Waals surface area contributed by atoms with Crippen LogP contribution in [-0.4, -0.2) is 0 Å². The molecule has 64 heavy (non-hydrogen) atoms. The standard InChI is InChI=1S/C62H54O2/c1-31-25-33(3)47(34(4)26-31)49-39-17-13-15-19-41(39)51-54-44-24-22-38(62(10,11)12)30-46(44)60(64)58-50(48-35(5)27-32(2)28-36(48)6)40-18-14-16-20-42(40)52(56(54)58)53-43-23-21-37(61(7,8)9)29-45(43)59(63)57(49)55(51)53/h13-30H,1-12H3. The van der Waals surface area contributed by atoms with E-state index in [2.05, 4.69) is 192 Å². The molecule has 2 heteroatoms. The molecule has 0 aliphatic heterocycles. The fourth-order valence-electron chi connectivity index (χ4n) is 11.9. The Balaban J connectivity index is 1.59. The van der Waals surface area contributed by atoms with E-state index in [9.17, 15) is 0 Å². The topological polar surface area (TPSA) is 34.1 Å². The molecule has 11 aromatic rings. The number of hydrogen-bond donors (Lipinski definition) is 0. The Kier molecular flexibility index (Phi) is 8.43. The van der Waals surface area contributed by atoms with Crippen LogP contribution in [0.5, 0.6) is 0 Å². The van der Waals surface area contributed by atoms with E-state index in [4.69, 9.17) is 0 Å². The zero-order chi connectivity index (χ0) is 45.0. The van der Waals surface area contributed by atoms with Gasteiger partial charge in [0.05, 0.1) is 0 Å². The van der Waals surface area contributed by atoms with Crippen molar-refractivity contribution >= 4 is 86.2 Å². The van der Waals surface area contributed by atoms with Gasteiger partial charge in [-0.15, -0.1) is 0 Å². The molecule has 0 bridgehead atoms. The fraction of sp³-hybridized carbons (Fsp3) is 0.226. The van der Waals surface area contributed by atoms with Crippen LogP contribution in [0.25, 0.3) is 108 Å². The Morgan fingerprint density at radius 1 is 0.297 bits per heavy atom. The molecule has 2 nitrogen and oxygen atoms in total. The van der Waals surface area contributed by atoms with Gasteiger partial charge in [-0.3, -0.25) is 9.59 Å². The van der Waals surface area contributed by atoms with E-state index in [1.807, 2.05) is 0 Å². The molecule has 11 aromatic carbocycles. The van der Waals surface area contributed by atoms with E-state index in [0.717, 1.165) is 131 Å². The van der Waals surface area contributed by atoms with Crippen molar-refractivity contribution < 1.29 is 0 Å². The molecule has 0 saturated heterocycles. The van der Waals surface area contributed by atoms with Crippen LogP contribution < -0.4 is 10.9 Å². The molecule has 0 amide bonds. The van der Waals surface area contributed by atoms with Gasteiger partial charge in [0.15, 0.2) is 10.9 Å². The molecule has 314 valence electrons. The van der Waals surface area contributed by atoms with Crippen LogP contribution in [0.1, 0.15) is 86.1 Å². The Bertz CT molecular complexity index is 3690. The van der Waals surface area contributed by atoms with Crippen molar-refractivity contribution in [2.24, 2.45) is 0 Å². The molecular weight excluding hydrogens is 777 g/mol. The largest absolute Gasteiger partial charge is 0.289 e. The summed E-state index contributed by atoms with van der Waals surface area (Å²) in [5.41, 5.74) is 13.1. The van der Waals surface area contributed by atoms with Crippen LogP contribution in [0.3, 0.4) is 0 Å². The summed E-state index contributed by atoms with van der Waals surface area (Å²) in [6, 6.07) is 39.6. The maximum atomic E-state index is 16.1. The Morgan fingerprint density at radius 3 is 0.906 bits per heavy atom.